The number of fused-ring (bicyclic) bond motifs is 5. The molecule has 0 amide bonds. The van der Waals surface area contributed by atoms with Gasteiger partial charge in [-0.05, 0) is 12.6 Å². The number of hydrogen-bond acceptors (Lipinski definition) is 5. The number of esters is 1. The number of rotatable bonds is 4. The summed E-state index contributed by atoms with van der Waals surface area (Å²) in [6.07, 6.45) is 2.26. The Morgan fingerprint density at radius 1 is 1.29 bits per heavy atom. The summed E-state index contributed by atoms with van der Waals surface area (Å²) in [5.41, 5.74) is 0.803. The molecule has 5 unspecified atom stereocenters. The molecule has 3 aliphatic heterocycles. The monoisotopic (exact) mass is 401 g/mol. The number of aliphatic hydroxyl groups is 1. The van der Waals surface area contributed by atoms with E-state index < -0.39 is 5.92 Å². The van der Waals surface area contributed by atoms with Crippen LogP contribution < -0.4 is 0 Å². The summed E-state index contributed by atoms with van der Waals surface area (Å²) in [4.78, 5) is 14.8. The van der Waals surface area contributed by atoms with E-state index in [0.717, 1.165) is 18.4 Å². The molecule has 5 atom stereocenters. The average molecular weight is 402 g/mol. The van der Waals surface area contributed by atoms with Crippen molar-refractivity contribution in [1.82, 2.24) is 4.90 Å². The van der Waals surface area contributed by atoms with Gasteiger partial charge in [0, 0.05) is 24.9 Å². The molecular formula is C17H24BrNO5. The van der Waals surface area contributed by atoms with E-state index in [1.54, 1.807) is 0 Å². The van der Waals surface area contributed by atoms with E-state index in [1.165, 1.54) is 0 Å². The molecule has 6 nitrogen and oxygen atoms in total. The van der Waals surface area contributed by atoms with E-state index in [1.807, 2.05) is 30.3 Å². The number of morpholine rings is 1. The van der Waals surface area contributed by atoms with Crippen LogP contribution in [0.25, 0.3) is 0 Å². The minimum absolute atomic E-state index is 0. The van der Waals surface area contributed by atoms with Crippen molar-refractivity contribution in [3.8, 4) is 0 Å². The average Bonchev–Trinajstić information content (AvgIpc) is 3.27. The number of epoxide rings is 1. The van der Waals surface area contributed by atoms with Crippen LogP contribution in [0.4, 0.5) is 0 Å². The Morgan fingerprint density at radius 3 is 2.42 bits per heavy atom. The Bertz CT molecular complexity index is 553. The first-order valence-corrected chi connectivity index (χ1v) is 7.92. The van der Waals surface area contributed by atoms with E-state index in [4.69, 9.17) is 9.47 Å². The Labute approximate surface area is 151 Å². The number of carbonyl (C=O) groups is 1. The quantitative estimate of drug-likeness (QED) is 0.590. The van der Waals surface area contributed by atoms with Gasteiger partial charge in [0.15, 0.2) is 0 Å². The third-order valence-electron chi connectivity index (χ3n) is 5.33. The van der Waals surface area contributed by atoms with Gasteiger partial charge < -0.3 is 20.1 Å². The number of carbonyl (C=O) groups excluding carboxylic acids is 1. The van der Waals surface area contributed by atoms with Gasteiger partial charge in [-0.1, -0.05) is 30.3 Å². The van der Waals surface area contributed by atoms with E-state index in [0.29, 0.717) is 24.3 Å². The van der Waals surface area contributed by atoms with Gasteiger partial charge in [0.05, 0.1) is 6.61 Å². The molecule has 1 aromatic carbocycles. The minimum Gasteiger partial charge on any atom is -0.462 e. The van der Waals surface area contributed by atoms with Crippen molar-refractivity contribution >= 4 is 23.0 Å². The number of hydrogen-bond donors (Lipinski definition) is 1. The van der Waals surface area contributed by atoms with Crippen molar-refractivity contribution in [1.29, 1.82) is 0 Å². The van der Waals surface area contributed by atoms with Crippen molar-refractivity contribution < 1.29 is 24.9 Å². The number of benzene rings is 1. The lowest BCUT2D eigenvalue weighted by atomic mass is 9.97. The second kappa shape index (κ2) is 7.49. The van der Waals surface area contributed by atoms with Crippen LogP contribution in [0.15, 0.2) is 30.3 Å². The van der Waals surface area contributed by atoms with Crippen LogP contribution in [0.2, 0.25) is 0 Å². The number of likely N-dealkylation sites (N-methyl/N-ethyl adjacent to an activating group) is 1. The summed E-state index contributed by atoms with van der Waals surface area (Å²) in [6, 6.07) is 10.1. The fourth-order valence-corrected chi connectivity index (χ4v) is 4.04. The SMILES string of the molecule is Br.CN1C2CC(OC(=O)C(CO)c3ccccc3)CC1C1OC12.O. The van der Waals surface area contributed by atoms with Gasteiger partial charge in [-0.3, -0.25) is 9.69 Å². The second-order valence-electron chi connectivity index (χ2n) is 6.54. The molecule has 24 heavy (non-hydrogen) atoms. The van der Waals surface area contributed by atoms with Gasteiger partial charge in [0.1, 0.15) is 24.2 Å². The van der Waals surface area contributed by atoms with E-state index >= 15 is 0 Å². The standard InChI is InChI=1S/C17H21NO4.BrH.H2O/c1-18-13-7-11(8-14(18)16-15(13)22-16)21-17(20)12(9-19)10-5-3-2-4-6-10;;/h2-6,11-16,19H,7-9H2,1H3;1H;1H2. The van der Waals surface area contributed by atoms with E-state index in [-0.39, 0.29) is 41.1 Å². The highest BCUT2D eigenvalue weighted by atomic mass is 79.9. The van der Waals surface area contributed by atoms with Crippen LogP contribution in [-0.2, 0) is 14.3 Å². The lowest BCUT2D eigenvalue weighted by molar-refractivity contribution is -0.156. The zero-order chi connectivity index (χ0) is 15.3. The Balaban J connectivity index is 0.00000104. The molecule has 0 spiro atoms. The van der Waals surface area contributed by atoms with Crippen molar-refractivity contribution in [2.45, 2.75) is 49.2 Å². The highest BCUT2D eigenvalue weighted by Gasteiger charge is 2.62. The molecule has 4 rings (SSSR count). The van der Waals surface area contributed by atoms with Crippen molar-refractivity contribution in [3.63, 3.8) is 0 Å². The molecule has 0 aromatic heterocycles. The first kappa shape index (κ1) is 19.3. The molecule has 0 radical (unpaired) electrons. The number of ether oxygens (including phenoxy) is 2. The molecule has 3 saturated heterocycles. The van der Waals surface area contributed by atoms with Crippen LogP contribution in [-0.4, -0.2) is 65.5 Å². The third-order valence-corrected chi connectivity index (χ3v) is 5.33. The van der Waals surface area contributed by atoms with E-state index in [9.17, 15) is 9.90 Å². The van der Waals surface area contributed by atoms with Gasteiger partial charge in [0.2, 0.25) is 0 Å². The summed E-state index contributed by atoms with van der Waals surface area (Å²) < 4.78 is 11.4. The van der Waals surface area contributed by atoms with Crippen molar-refractivity contribution in [3.05, 3.63) is 35.9 Å². The molecule has 7 heteroatoms. The molecule has 2 bridgehead atoms. The predicted molar refractivity (Wildman–Crippen MR) is 93.3 cm³/mol. The largest absolute Gasteiger partial charge is 0.462 e. The lowest BCUT2D eigenvalue weighted by Crippen LogP contribution is -2.48. The smallest absolute Gasteiger partial charge is 0.316 e. The highest BCUT2D eigenvalue weighted by molar-refractivity contribution is 8.93. The maximum Gasteiger partial charge on any atom is 0.316 e. The summed E-state index contributed by atoms with van der Waals surface area (Å²) in [6.45, 7) is -0.226. The van der Waals surface area contributed by atoms with Crippen molar-refractivity contribution in [2.24, 2.45) is 0 Å². The van der Waals surface area contributed by atoms with Crippen LogP contribution >= 0.6 is 17.0 Å². The molecule has 3 heterocycles. The van der Waals surface area contributed by atoms with Gasteiger partial charge >= 0.3 is 5.97 Å². The van der Waals surface area contributed by atoms with E-state index in [2.05, 4.69) is 11.9 Å². The molecular weight excluding hydrogens is 378 g/mol. The Morgan fingerprint density at radius 2 is 1.88 bits per heavy atom. The molecule has 0 saturated carbocycles. The number of nitrogens with zero attached hydrogens (tertiary/aromatic N) is 1. The summed E-state index contributed by atoms with van der Waals surface area (Å²) in [5, 5.41) is 9.56. The predicted octanol–water partition coefficient (Wildman–Crippen LogP) is 0.671. The zero-order valence-corrected chi connectivity index (χ0v) is 15.2. The van der Waals surface area contributed by atoms with Crippen LogP contribution in [0.3, 0.4) is 0 Å². The number of halogens is 1. The highest BCUT2D eigenvalue weighted by Crippen LogP contribution is 2.48. The topological polar surface area (TPSA) is 93.8 Å². The number of aliphatic hydroxyl groups excluding tert-OH is 1. The molecule has 3 aliphatic rings. The third kappa shape index (κ3) is 3.23. The van der Waals surface area contributed by atoms with Gasteiger partial charge in [-0.25, -0.2) is 0 Å². The van der Waals surface area contributed by atoms with Crippen LogP contribution in [0, 0.1) is 0 Å². The maximum absolute atomic E-state index is 12.4. The summed E-state index contributed by atoms with van der Waals surface area (Å²) in [5.74, 6) is -0.915. The summed E-state index contributed by atoms with van der Waals surface area (Å²) >= 11 is 0. The zero-order valence-electron chi connectivity index (χ0n) is 13.5. The fraction of sp³-hybridized carbons (Fsp3) is 0.588. The van der Waals surface area contributed by atoms with Crippen LogP contribution in [0.5, 0.6) is 0 Å². The van der Waals surface area contributed by atoms with Gasteiger partial charge in [-0.15, -0.1) is 17.0 Å². The lowest BCUT2D eigenvalue weighted by Gasteiger charge is -2.38. The van der Waals surface area contributed by atoms with Crippen molar-refractivity contribution in [2.75, 3.05) is 13.7 Å². The first-order valence-electron chi connectivity index (χ1n) is 7.92. The molecule has 3 N–H and O–H groups in total. The maximum atomic E-state index is 12.4. The summed E-state index contributed by atoms with van der Waals surface area (Å²) in [7, 11) is 2.13. The Hall–Kier alpha value is -0.990. The molecule has 134 valence electrons. The second-order valence-corrected chi connectivity index (χ2v) is 6.54. The number of piperidine rings is 1. The van der Waals surface area contributed by atoms with Crippen LogP contribution in [0.1, 0.15) is 24.3 Å². The minimum atomic E-state index is -0.593. The van der Waals surface area contributed by atoms with Gasteiger partial charge in [0.25, 0.3) is 0 Å². The fourth-order valence-electron chi connectivity index (χ4n) is 4.04. The first-order chi connectivity index (χ1) is 10.7. The molecule has 1 aromatic rings. The van der Waals surface area contributed by atoms with Gasteiger partial charge in [-0.2, -0.15) is 0 Å². The molecule has 0 aliphatic carbocycles. The molecule has 3 fully saturated rings. The Kier molecular flexibility index (Phi) is 6.04. The normalized spacial score (nSPS) is 34.3.